The Balaban J connectivity index is 1.51. The van der Waals surface area contributed by atoms with Gasteiger partial charge in [0.05, 0.1) is 17.9 Å². The number of anilines is 2. The Hall–Kier alpha value is -2.94. The van der Waals surface area contributed by atoms with E-state index in [0.29, 0.717) is 53.9 Å². The molecule has 1 saturated heterocycles. The summed E-state index contributed by atoms with van der Waals surface area (Å²) in [5.74, 6) is 0.102. The number of imide groups is 1. The molecular weight excluding hydrogens is 392 g/mol. The number of β-lactam (4-membered cyclic amide) rings is 1. The molecule has 1 fully saturated rings. The Labute approximate surface area is 171 Å². The lowest BCUT2D eigenvalue weighted by molar-refractivity contribution is -0.135. The highest BCUT2D eigenvalue weighted by molar-refractivity contribution is 7.17. The van der Waals surface area contributed by atoms with E-state index >= 15 is 0 Å². The Bertz CT molecular complexity index is 1060. The first-order valence-corrected chi connectivity index (χ1v) is 10.4. The van der Waals surface area contributed by atoms with Crippen LogP contribution in [0.25, 0.3) is 0 Å². The molecule has 29 heavy (non-hydrogen) atoms. The number of hydrogen-bond donors (Lipinski definition) is 1. The molecule has 5 rings (SSSR count). The van der Waals surface area contributed by atoms with E-state index in [4.69, 9.17) is 9.72 Å². The summed E-state index contributed by atoms with van der Waals surface area (Å²) in [5, 5.41) is 3.71. The average Bonchev–Trinajstić information content (AvgIpc) is 3.08. The quantitative estimate of drug-likeness (QED) is 0.600. The molecule has 0 saturated carbocycles. The highest BCUT2D eigenvalue weighted by atomic mass is 32.1. The van der Waals surface area contributed by atoms with Crippen molar-refractivity contribution in [3.8, 4) is 5.75 Å². The van der Waals surface area contributed by atoms with Gasteiger partial charge >= 0.3 is 0 Å². The summed E-state index contributed by atoms with van der Waals surface area (Å²) in [5.41, 5.74) is 1.63. The van der Waals surface area contributed by atoms with Crippen LogP contribution in [0, 0.1) is 0 Å². The summed E-state index contributed by atoms with van der Waals surface area (Å²) in [7, 11) is 0. The van der Waals surface area contributed by atoms with Crippen LogP contribution in [-0.4, -0.2) is 52.8 Å². The number of carbonyl (C=O) groups is 3. The highest BCUT2D eigenvalue weighted by Gasteiger charge is 2.35. The van der Waals surface area contributed by atoms with Crippen LogP contribution >= 0.6 is 11.3 Å². The maximum atomic E-state index is 12.6. The summed E-state index contributed by atoms with van der Waals surface area (Å²) >= 11 is 1.35. The lowest BCUT2D eigenvalue weighted by Crippen LogP contribution is -2.48. The summed E-state index contributed by atoms with van der Waals surface area (Å²) in [6.07, 6.45) is 1.08. The van der Waals surface area contributed by atoms with Crippen LogP contribution in [-0.2, 0) is 11.2 Å². The number of amides is 3. The predicted octanol–water partition coefficient (Wildman–Crippen LogP) is 2.11. The molecular formula is C20H20N4O4S. The normalized spacial score (nSPS) is 19.7. The number of benzene rings is 1. The number of nitrogens with zero attached hydrogens (tertiary/aromatic N) is 3. The van der Waals surface area contributed by atoms with E-state index in [1.54, 1.807) is 18.2 Å². The van der Waals surface area contributed by atoms with Crippen LogP contribution in [0.4, 0.5) is 10.8 Å². The first-order valence-electron chi connectivity index (χ1n) is 9.54. The lowest BCUT2D eigenvalue weighted by atomic mass is 9.94. The number of carbonyl (C=O) groups excluding carboxylic acids is 3. The summed E-state index contributed by atoms with van der Waals surface area (Å²) in [6.45, 7) is 5.45. The van der Waals surface area contributed by atoms with Gasteiger partial charge in [-0.15, -0.1) is 0 Å². The molecule has 2 aromatic rings. The van der Waals surface area contributed by atoms with Crippen LogP contribution in [0.1, 0.15) is 46.0 Å². The largest absolute Gasteiger partial charge is 0.490 e. The number of likely N-dealkylation sites (tertiary alicyclic amines) is 1. The number of hydrogen-bond acceptors (Lipinski definition) is 7. The molecule has 0 aliphatic carbocycles. The van der Waals surface area contributed by atoms with Crippen molar-refractivity contribution in [2.45, 2.75) is 32.2 Å². The molecule has 3 amide bonds. The maximum Gasteiger partial charge on any atom is 0.263 e. The predicted molar refractivity (Wildman–Crippen MR) is 107 cm³/mol. The van der Waals surface area contributed by atoms with Gasteiger partial charge in [-0.25, -0.2) is 4.98 Å². The highest BCUT2D eigenvalue weighted by Crippen LogP contribution is 2.41. The van der Waals surface area contributed by atoms with Crippen molar-refractivity contribution in [1.82, 2.24) is 15.2 Å². The topological polar surface area (TPSA) is 91.8 Å². The first-order chi connectivity index (χ1) is 13.8. The summed E-state index contributed by atoms with van der Waals surface area (Å²) < 4.78 is 5.75. The monoisotopic (exact) mass is 412 g/mol. The number of ether oxygens (including phenoxy) is 1. The standard InChI is InChI=1S/C20H20N4O4S/c1-20(2)10-12-16(17(26)22-20)29-19(21-12)23-7-8-28-14-4-3-11(9-13(14)23)18(27)24-6-5-15(24)25/h3-4,9H,5-8,10H2,1-2H3,(H,22,26). The van der Waals surface area contributed by atoms with E-state index < -0.39 is 0 Å². The second-order valence-electron chi connectivity index (χ2n) is 8.07. The fourth-order valence-corrected chi connectivity index (χ4v) is 4.83. The molecule has 0 atom stereocenters. The molecule has 1 aromatic heterocycles. The van der Waals surface area contributed by atoms with Crippen LogP contribution in [0.3, 0.4) is 0 Å². The fraction of sp³-hybridized carbons (Fsp3) is 0.400. The molecule has 150 valence electrons. The Morgan fingerprint density at radius 2 is 2.10 bits per heavy atom. The lowest BCUT2D eigenvalue weighted by Gasteiger charge is -2.31. The molecule has 8 nitrogen and oxygen atoms in total. The zero-order valence-corrected chi connectivity index (χ0v) is 17.0. The zero-order valence-electron chi connectivity index (χ0n) is 16.2. The van der Waals surface area contributed by atoms with E-state index in [1.165, 1.54) is 16.2 Å². The van der Waals surface area contributed by atoms with Crippen molar-refractivity contribution >= 4 is 39.9 Å². The molecule has 0 bridgehead atoms. The Morgan fingerprint density at radius 1 is 1.28 bits per heavy atom. The molecule has 1 N–H and O–H groups in total. The second-order valence-corrected chi connectivity index (χ2v) is 9.05. The third-order valence-corrected chi connectivity index (χ3v) is 6.47. The average molecular weight is 412 g/mol. The molecule has 0 radical (unpaired) electrons. The molecule has 0 unspecified atom stereocenters. The smallest absolute Gasteiger partial charge is 0.263 e. The number of nitrogens with one attached hydrogen (secondary N) is 1. The van der Waals surface area contributed by atoms with Crippen LogP contribution in [0.15, 0.2) is 18.2 Å². The van der Waals surface area contributed by atoms with Gasteiger partial charge in [-0.05, 0) is 32.0 Å². The summed E-state index contributed by atoms with van der Waals surface area (Å²) in [6, 6.07) is 5.17. The van der Waals surface area contributed by atoms with Crippen LogP contribution in [0.5, 0.6) is 5.75 Å². The van der Waals surface area contributed by atoms with Crippen LogP contribution < -0.4 is 15.0 Å². The Morgan fingerprint density at radius 3 is 2.83 bits per heavy atom. The molecule has 3 aliphatic heterocycles. The maximum absolute atomic E-state index is 12.6. The number of rotatable bonds is 2. The van der Waals surface area contributed by atoms with E-state index in [2.05, 4.69) is 5.32 Å². The minimum absolute atomic E-state index is 0.103. The van der Waals surface area contributed by atoms with Gasteiger partial charge in [-0.2, -0.15) is 0 Å². The van der Waals surface area contributed by atoms with Crippen molar-refractivity contribution in [2.24, 2.45) is 0 Å². The van der Waals surface area contributed by atoms with Gasteiger partial charge in [0.25, 0.3) is 11.8 Å². The van der Waals surface area contributed by atoms with E-state index in [1.807, 2.05) is 18.7 Å². The number of thiazole rings is 1. The van der Waals surface area contributed by atoms with Crippen LogP contribution in [0.2, 0.25) is 0 Å². The summed E-state index contributed by atoms with van der Waals surface area (Å²) in [4.78, 5) is 45.3. The van der Waals surface area contributed by atoms with Crippen molar-refractivity contribution < 1.29 is 19.1 Å². The van der Waals surface area contributed by atoms with Crippen molar-refractivity contribution in [1.29, 1.82) is 0 Å². The third-order valence-electron chi connectivity index (χ3n) is 5.35. The zero-order chi connectivity index (χ0) is 20.3. The molecule has 1 aromatic carbocycles. The third kappa shape index (κ3) is 2.96. The van der Waals surface area contributed by atoms with E-state index in [0.717, 1.165) is 11.4 Å². The number of fused-ring (bicyclic) bond motifs is 2. The van der Waals surface area contributed by atoms with Gasteiger partial charge in [-0.1, -0.05) is 11.3 Å². The SMILES string of the molecule is CC1(C)Cc2nc(N3CCOc4ccc(C(=O)N5CCC5=O)cc43)sc2C(=O)N1. The molecule has 3 aliphatic rings. The minimum Gasteiger partial charge on any atom is -0.490 e. The first kappa shape index (κ1) is 18.1. The van der Waals surface area contributed by atoms with E-state index in [9.17, 15) is 14.4 Å². The van der Waals surface area contributed by atoms with Crippen molar-refractivity contribution in [2.75, 3.05) is 24.6 Å². The van der Waals surface area contributed by atoms with E-state index in [-0.39, 0.29) is 23.3 Å². The molecule has 4 heterocycles. The molecule has 0 spiro atoms. The number of aromatic nitrogens is 1. The minimum atomic E-state index is -0.332. The van der Waals surface area contributed by atoms with Gasteiger partial charge in [0.2, 0.25) is 5.91 Å². The van der Waals surface area contributed by atoms with Gasteiger partial charge < -0.3 is 15.0 Å². The van der Waals surface area contributed by atoms with Crippen molar-refractivity contribution in [3.05, 3.63) is 34.3 Å². The van der Waals surface area contributed by atoms with Gasteiger partial charge in [0.1, 0.15) is 17.2 Å². The van der Waals surface area contributed by atoms with Crippen molar-refractivity contribution in [3.63, 3.8) is 0 Å². The fourth-order valence-electron chi connectivity index (χ4n) is 3.81. The second kappa shape index (κ2) is 6.28. The Kier molecular flexibility index (Phi) is 3.92. The molecule has 9 heteroatoms. The van der Waals surface area contributed by atoms with Gasteiger partial charge in [0, 0.05) is 30.5 Å². The van der Waals surface area contributed by atoms with Gasteiger partial charge in [-0.3, -0.25) is 19.3 Å². The van der Waals surface area contributed by atoms with Gasteiger partial charge in [0.15, 0.2) is 5.13 Å².